The average Bonchev–Trinajstić information content (AvgIpc) is 3.01. The van der Waals surface area contributed by atoms with E-state index in [9.17, 15) is 4.79 Å². The van der Waals surface area contributed by atoms with E-state index in [1.807, 2.05) is 6.92 Å². The topological polar surface area (TPSA) is 32.3 Å². The molecule has 3 aliphatic rings. The van der Waals surface area contributed by atoms with Crippen molar-refractivity contribution >= 4 is 5.91 Å². The predicted molar refractivity (Wildman–Crippen MR) is 76.6 cm³/mol. The fraction of sp³-hybridized carbons (Fsp3) is 0.938. The molecule has 0 radical (unpaired) electrons. The number of hydrogen-bond donors (Lipinski definition) is 1. The SMILES string of the molecule is CC1NC(C2CCCC2)N(C2CCC(C)(C)C2)C1=O. The van der Waals surface area contributed by atoms with Gasteiger partial charge < -0.3 is 4.90 Å². The Bertz CT molecular complexity index is 360. The molecule has 3 heteroatoms. The average molecular weight is 264 g/mol. The molecule has 1 amide bonds. The van der Waals surface area contributed by atoms with Gasteiger partial charge in [0.05, 0.1) is 12.2 Å². The van der Waals surface area contributed by atoms with Crippen LogP contribution in [-0.2, 0) is 4.79 Å². The third-order valence-corrected chi connectivity index (χ3v) is 5.53. The van der Waals surface area contributed by atoms with Gasteiger partial charge in [-0.1, -0.05) is 26.7 Å². The van der Waals surface area contributed by atoms with E-state index < -0.39 is 0 Å². The van der Waals surface area contributed by atoms with E-state index in [1.165, 1.54) is 44.9 Å². The van der Waals surface area contributed by atoms with Crippen LogP contribution in [0, 0.1) is 11.3 Å². The van der Waals surface area contributed by atoms with Crippen LogP contribution in [0.1, 0.15) is 65.7 Å². The Morgan fingerprint density at radius 3 is 2.47 bits per heavy atom. The summed E-state index contributed by atoms with van der Waals surface area (Å²) in [6.07, 6.45) is 9.23. The molecule has 1 N–H and O–H groups in total. The van der Waals surface area contributed by atoms with Crippen LogP contribution in [0.2, 0.25) is 0 Å². The fourth-order valence-corrected chi connectivity index (χ4v) is 4.45. The van der Waals surface area contributed by atoms with E-state index in [2.05, 4.69) is 24.1 Å². The zero-order chi connectivity index (χ0) is 13.6. The maximum absolute atomic E-state index is 12.5. The molecule has 3 rings (SSSR count). The first-order chi connectivity index (χ1) is 8.98. The molecule has 0 aromatic carbocycles. The number of nitrogens with zero attached hydrogens (tertiary/aromatic N) is 1. The molecule has 0 aromatic heterocycles. The smallest absolute Gasteiger partial charge is 0.240 e. The Hall–Kier alpha value is -0.570. The molecule has 0 aromatic rings. The van der Waals surface area contributed by atoms with Gasteiger partial charge in [0.25, 0.3) is 0 Å². The Balaban J connectivity index is 1.77. The minimum absolute atomic E-state index is 0.0225. The molecule has 1 aliphatic heterocycles. The largest absolute Gasteiger partial charge is 0.323 e. The molecule has 0 bridgehead atoms. The number of amides is 1. The van der Waals surface area contributed by atoms with Crippen molar-refractivity contribution in [1.29, 1.82) is 0 Å². The molecule has 3 atom stereocenters. The molecular formula is C16H28N2O. The van der Waals surface area contributed by atoms with Gasteiger partial charge in [-0.2, -0.15) is 0 Å². The number of carbonyl (C=O) groups excluding carboxylic acids is 1. The van der Waals surface area contributed by atoms with E-state index in [-0.39, 0.29) is 6.04 Å². The summed E-state index contributed by atoms with van der Waals surface area (Å²) in [5.41, 5.74) is 0.414. The van der Waals surface area contributed by atoms with Gasteiger partial charge in [-0.15, -0.1) is 0 Å². The second kappa shape index (κ2) is 4.76. The van der Waals surface area contributed by atoms with Gasteiger partial charge >= 0.3 is 0 Å². The van der Waals surface area contributed by atoms with Crippen molar-refractivity contribution in [2.24, 2.45) is 11.3 Å². The van der Waals surface area contributed by atoms with Crippen molar-refractivity contribution in [2.45, 2.75) is 84.0 Å². The Morgan fingerprint density at radius 1 is 1.21 bits per heavy atom. The summed E-state index contributed by atoms with van der Waals surface area (Å²) in [6.45, 7) is 6.72. The van der Waals surface area contributed by atoms with Crippen LogP contribution in [0.3, 0.4) is 0 Å². The van der Waals surface area contributed by atoms with Gasteiger partial charge in [0.15, 0.2) is 0 Å². The van der Waals surface area contributed by atoms with E-state index in [0.29, 0.717) is 29.4 Å². The first kappa shape index (κ1) is 13.4. The van der Waals surface area contributed by atoms with Crippen molar-refractivity contribution in [3.05, 3.63) is 0 Å². The summed E-state index contributed by atoms with van der Waals surface area (Å²) in [5, 5.41) is 3.58. The van der Waals surface area contributed by atoms with Crippen molar-refractivity contribution in [2.75, 3.05) is 0 Å². The summed E-state index contributed by atoms with van der Waals surface area (Å²) in [7, 11) is 0. The monoisotopic (exact) mass is 264 g/mol. The highest BCUT2D eigenvalue weighted by atomic mass is 16.2. The van der Waals surface area contributed by atoms with Crippen LogP contribution in [0.4, 0.5) is 0 Å². The highest BCUT2D eigenvalue weighted by molar-refractivity contribution is 5.84. The summed E-state index contributed by atoms with van der Waals surface area (Å²) in [6, 6.07) is 0.500. The number of carbonyl (C=O) groups is 1. The molecule has 1 heterocycles. The number of nitrogens with one attached hydrogen (secondary N) is 1. The van der Waals surface area contributed by atoms with Gasteiger partial charge in [0.2, 0.25) is 5.91 Å². The zero-order valence-electron chi connectivity index (χ0n) is 12.6. The molecule has 19 heavy (non-hydrogen) atoms. The third-order valence-electron chi connectivity index (χ3n) is 5.53. The predicted octanol–water partition coefficient (Wildman–Crippen LogP) is 2.90. The lowest BCUT2D eigenvalue weighted by Gasteiger charge is -2.34. The highest BCUT2D eigenvalue weighted by Gasteiger charge is 2.47. The van der Waals surface area contributed by atoms with E-state index in [4.69, 9.17) is 0 Å². The minimum atomic E-state index is 0.0225. The molecule has 2 saturated carbocycles. The van der Waals surface area contributed by atoms with E-state index in [0.717, 1.165) is 0 Å². The van der Waals surface area contributed by atoms with Gasteiger partial charge in [-0.25, -0.2) is 0 Å². The van der Waals surface area contributed by atoms with Crippen molar-refractivity contribution in [1.82, 2.24) is 10.2 Å². The van der Waals surface area contributed by atoms with Crippen molar-refractivity contribution in [3.63, 3.8) is 0 Å². The highest BCUT2D eigenvalue weighted by Crippen LogP contribution is 2.42. The first-order valence-electron chi connectivity index (χ1n) is 8.06. The molecule has 3 nitrogen and oxygen atoms in total. The molecule has 1 saturated heterocycles. The maximum atomic E-state index is 12.5. The number of hydrogen-bond acceptors (Lipinski definition) is 2. The molecule has 3 unspecified atom stereocenters. The lowest BCUT2D eigenvalue weighted by Crippen LogP contribution is -2.47. The van der Waals surface area contributed by atoms with Gasteiger partial charge in [-0.05, 0) is 50.4 Å². The van der Waals surface area contributed by atoms with Crippen molar-refractivity contribution in [3.8, 4) is 0 Å². The lowest BCUT2D eigenvalue weighted by atomic mass is 9.91. The second-order valence-corrected chi connectivity index (χ2v) is 7.68. The fourth-order valence-electron chi connectivity index (χ4n) is 4.45. The summed E-state index contributed by atoms with van der Waals surface area (Å²) in [4.78, 5) is 14.8. The zero-order valence-corrected chi connectivity index (χ0v) is 12.6. The molecular weight excluding hydrogens is 236 g/mol. The second-order valence-electron chi connectivity index (χ2n) is 7.68. The van der Waals surface area contributed by atoms with Gasteiger partial charge in [-0.3, -0.25) is 10.1 Å². The van der Waals surface area contributed by atoms with Crippen molar-refractivity contribution < 1.29 is 4.79 Å². The molecule has 2 aliphatic carbocycles. The third kappa shape index (κ3) is 2.42. The van der Waals surface area contributed by atoms with Crippen LogP contribution in [0.5, 0.6) is 0 Å². The summed E-state index contributed by atoms with van der Waals surface area (Å²) >= 11 is 0. The van der Waals surface area contributed by atoms with Crippen LogP contribution < -0.4 is 5.32 Å². The lowest BCUT2D eigenvalue weighted by molar-refractivity contribution is -0.132. The van der Waals surface area contributed by atoms with Crippen LogP contribution in [-0.4, -0.2) is 29.1 Å². The molecule has 3 fully saturated rings. The Kier molecular flexibility index (Phi) is 3.36. The summed E-state index contributed by atoms with van der Waals surface area (Å²) in [5.74, 6) is 1.04. The standard InChI is InChI=1S/C16H28N2O/c1-11-15(19)18(13-8-9-16(2,3)10-13)14(17-11)12-6-4-5-7-12/h11-14,17H,4-10H2,1-3H3. The van der Waals surface area contributed by atoms with Gasteiger partial charge in [0.1, 0.15) is 0 Å². The normalized spacial score (nSPS) is 39.4. The first-order valence-corrected chi connectivity index (χ1v) is 8.06. The quantitative estimate of drug-likeness (QED) is 0.831. The Labute approximate surface area is 117 Å². The van der Waals surface area contributed by atoms with E-state index in [1.54, 1.807) is 0 Å². The van der Waals surface area contributed by atoms with Crippen LogP contribution in [0.25, 0.3) is 0 Å². The van der Waals surface area contributed by atoms with E-state index >= 15 is 0 Å². The van der Waals surface area contributed by atoms with Crippen LogP contribution >= 0.6 is 0 Å². The Morgan fingerprint density at radius 2 is 1.89 bits per heavy atom. The molecule has 0 spiro atoms. The van der Waals surface area contributed by atoms with Crippen LogP contribution in [0.15, 0.2) is 0 Å². The number of rotatable bonds is 2. The minimum Gasteiger partial charge on any atom is -0.323 e. The van der Waals surface area contributed by atoms with Gasteiger partial charge in [0, 0.05) is 6.04 Å². The molecule has 108 valence electrons. The summed E-state index contributed by atoms with van der Waals surface area (Å²) < 4.78 is 0. The maximum Gasteiger partial charge on any atom is 0.240 e.